The van der Waals surface area contributed by atoms with E-state index in [1.807, 2.05) is 25.2 Å². The van der Waals surface area contributed by atoms with Gasteiger partial charge < -0.3 is 10.2 Å². The molecule has 0 radical (unpaired) electrons. The highest BCUT2D eigenvalue weighted by atomic mass is 16.2. The lowest BCUT2D eigenvalue weighted by Gasteiger charge is -2.37. The number of nitrogens with one attached hydrogen (secondary N) is 1. The van der Waals surface area contributed by atoms with Gasteiger partial charge in [-0.25, -0.2) is 0 Å². The zero-order chi connectivity index (χ0) is 14.5. The summed E-state index contributed by atoms with van der Waals surface area (Å²) >= 11 is 0. The molecule has 1 fully saturated rings. The van der Waals surface area contributed by atoms with Crippen LogP contribution in [0, 0.1) is 5.92 Å². The second-order valence-electron chi connectivity index (χ2n) is 5.99. The van der Waals surface area contributed by atoms with Crippen LogP contribution >= 0.6 is 0 Å². The van der Waals surface area contributed by atoms with Gasteiger partial charge in [-0.1, -0.05) is 25.1 Å². The average Bonchev–Trinajstić information content (AvgIpc) is 2.45. The third-order valence-electron chi connectivity index (χ3n) is 4.29. The number of likely N-dealkylation sites (tertiary alicyclic amines) is 1. The third-order valence-corrected chi connectivity index (χ3v) is 4.29. The maximum absolute atomic E-state index is 12.8. The Balaban J connectivity index is 2.16. The van der Waals surface area contributed by atoms with E-state index in [2.05, 4.69) is 30.1 Å². The van der Waals surface area contributed by atoms with Crippen LogP contribution in [0.3, 0.4) is 0 Å². The smallest absolute Gasteiger partial charge is 0.254 e. The Kier molecular flexibility index (Phi) is 5.18. The van der Waals surface area contributed by atoms with E-state index in [1.54, 1.807) is 0 Å². The van der Waals surface area contributed by atoms with Gasteiger partial charge in [-0.15, -0.1) is 0 Å². The van der Waals surface area contributed by atoms with Crippen molar-refractivity contribution in [1.29, 1.82) is 0 Å². The van der Waals surface area contributed by atoms with Gasteiger partial charge >= 0.3 is 0 Å². The second-order valence-corrected chi connectivity index (χ2v) is 5.99. The van der Waals surface area contributed by atoms with Crippen LogP contribution in [-0.2, 0) is 6.42 Å². The van der Waals surface area contributed by atoms with Gasteiger partial charge in [0.05, 0.1) is 0 Å². The van der Waals surface area contributed by atoms with Crippen LogP contribution in [0.2, 0.25) is 0 Å². The molecule has 1 aromatic carbocycles. The standard InChI is InChI=1S/C17H26N2O/c1-13-9-11-19(14(2)12-13)17(20)16-7-5-4-6-15(16)8-10-18-3/h4-7,13-14,18H,8-12H2,1-3H3. The maximum Gasteiger partial charge on any atom is 0.254 e. The molecule has 2 rings (SSSR count). The number of rotatable bonds is 4. The zero-order valence-corrected chi connectivity index (χ0v) is 12.9. The van der Waals surface area contributed by atoms with Crippen LogP contribution in [0.25, 0.3) is 0 Å². The van der Waals surface area contributed by atoms with Gasteiger partial charge in [0.15, 0.2) is 0 Å². The minimum Gasteiger partial charge on any atom is -0.336 e. The van der Waals surface area contributed by atoms with Crippen LogP contribution in [0.1, 0.15) is 42.6 Å². The van der Waals surface area contributed by atoms with Crippen molar-refractivity contribution in [2.45, 2.75) is 39.2 Å². The molecule has 0 bridgehead atoms. The van der Waals surface area contributed by atoms with Crippen molar-refractivity contribution in [2.75, 3.05) is 20.1 Å². The Labute approximate surface area is 122 Å². The van der Waals surface area contributed by atoms with Crippen LogP contribution in [-0.4, -0.2) is 37.0 Å². The first-order chi connectivity index (χ1) is 9.63. The molecule has 1 aromatic rings. The Bertz CT molecular complexity index is 458. The van der Waals surface area contributed by atoms with Crippen molar-refractivity contribution in [3.63, 3.8) is 0 Å². The third kappa shape index (κ3) is 3.40. The monoisotopic (exact) mass is 274 g/mol. The summed E-state index contributed by atoms with van der Waals surface area (Å²) in [5.74, 6) is 0.935. The van der Waals surface area contributed by atoms with Crippen molar-refractivity contribution in [1.82, 2.24) is 10.2 Å². The van der Waals surface area contributed by atoms with E-state index in [1.165, 1.54) is 0 Å². The van der Waals surface area contributed by atoms with E-state index >= 15 is 0 Å². The van der Waals surface area contributed by atoms with Crippen LogP contribution in [0.5, 0.6) is 0 Å². The molecule has 3 nitrogen and oxygen atoms in total. The number of likely N-dealkylation sites (N-methyl/N-ethyl adjacent to an activating group) is 1. The number of hydrogen-bond donors (Lipinski definition) is 1. The molecule has 1 saturated heterocycles. The minimum atomic E-state index is 0.205. The van der Waals surface area contributed by atoms with Crippen molar-refractivity contribution in [3.05, 3.63) is 35.4 Å². The highest BCUT2D eigenvalue weighted by Crippen LogP contribution is 2.24. The van der Waals surface area contributed by atoms with Crippen LogP contribution in [0.15, 0.2) is 24.3 Å². The lowest BCUT2D eigenvalue weighted by atomic mass is 9.92. The quantitative estimate of drug-likeness (QED) is 0.915. The summed E-state index contributed by atoms with van der Waals surface area (Å²) in [6, 6.07) is 8.38. The molecule has 20 heavy (non-hydrogen) atoms. The first-order valence-corrected chi connectivity index (χ1v) is 7.67. The minimum absolute atomic E-state index is 0.205. The molecule has 0 spiro atoms. The molecule has 3 heteroatoms. The van der Waals surface area contributed by atoms with Gasteiger partial charge in [-0.05, 0) is 57.3 Å². The summed E-state index contributed by atoms with van der Waals surface area (Å²) in [6.07, 6.45) is 3.14. The highest BCUT2D eigenvalue weighted by Gasteiger charge is 2.28. The van der Waals surface area contributed by atoms with E-state index < -0.39 is 0 Å². The molecule has 0 aromatic heterocycles. The van der Waals surface area contributed by atoms with Crippen molar-refractivity contribution in [2.24, 2.45) is 5.92 Å². The topological polar surface area (TPSA) is 32.3 Å². The fraction of sp³-hybridized carbons (Fsp3) is 0.588. The summed E-state index contributed by atoms with van der Waals surface area (Å²) in [4.78, 5) is 14.9. The van der Waals surface area contributed by atoms with Gasteiger partial charge in [0.1, 0.15) is 0 Å². The van der Waals surface area contributed by atoms with E-state index in [-0.39, 0.29) is 5.91 Å². The van der Waals surface area contributed by atoms with E-state index in [0.29, 0.717) is 6.04 Å². The number of carbonyl (C=O) groups excluding carboxylic acids is 1. The molecule has 1 heterocycles. The summed E-state index contributed by atoms with van der Waals surface area (Å²) in [6.45, 7) is 6.24. The Morgan fingerprint density at radius 2 is 2.10 bits per heavy atom. The molecule has 2 unspecified atom stereocenters. The Hall–Kier alpha value is -1.35. The molecule has 1 N–H and O–H groups in total. The number of hydrogen-bond acceptors (Lipinski definition) is 2. The van der Waals surface area contributed by atoms with E-state index in [9.17, 15) is 4.79 Å². The first-order valence-electron chi connectivity index (χ1n) is 7.67. The molecule has 0 aliphatic carbocycles. The number of nitrogens with zero attached hydrogens (tertiary/aromatic N) is 1. The summed E-state index contributed by atoms with van der Waals surface area (Å²) in [5, 5.41) is 3.15. The summed E-state index contributed by atoms with van der Waals surface area (Å²) in [5.41, 5.74) is 2.03. The molecule has 1 amide bonds. The molecular weight excluding hydrogens is 248 g/mol. The largest absolute Gasteiger partial charge is 0.336 e. The number of piperidine rings is 1. The molecule has 2 atom stereocenters. The highest BCUT2D eigenvalue weighted by molar-refractivity contribution is 5.96. The molecule has 1 aliphatic rings. The second kappa shape index (κ2) is 6.89. The summed E-state index contributed by atoms with van der Waals surface area (Å²) < 4.78 is 0. The fourth-order valence-electron chi connectivity index (χ4n) is 3.07. The van der Waals surface area contributed by atoms with Crippen molar-refractivity contribution in [3.8, 4) is 0 Å². The van der Waals surface area contributed by atoms with Crippen LogP contribution in [0.4, 0.5) is 0 Å². The summed E-state index contributed by atoms with van der Waals surface area (Å²) in [7, 11) is 1.94. The van der Waals surface area contributed by atoms with Crippen LogP contribution < -0.4 is 5.32 Å². The zero-order valence-electron chi connectivity index (χ0n) is 12.9. The van der Waals surface area contributed by atoms with Gasteiger partial charge in [-0.2, -0.15) is 0 Å². The average molecular weight is 274 g/mol. The van der Waals surface area contributed by atoms with Crippen molar-refractivity contribution >= 4 is 5.91 Å². The van der Waals surface area contributed by atoms with Crippen molar-refractivity contribution < 1.29 is 4.79 Å². The Morgan fingerprint density at radius 1 is 1.35 bits per heavy atom. The number of benzene rings is 1. The Morgan fingerprint density at radius 3 is 2.80 bits per heavy atom. The SMILES string of the molecule is CNCCc1ccccc1C(=O)N1CCC(C)CC1C. The van der Waals surface area contributed by atoms with Gasteiger partial charge in [-0.3, -0.25) is 4.79 Å². The molecular formula is C17H26N2O. The normalized spacial score (nSPS) is 22.9. The lowest BCUT2D eigenvalue weighted by Crippen LogP contribution is -2.44. The fourth-order valence-corrected chi connectivity index (χ4v) is 3.07. The van der Waals surface area contributed by atoms with Gasteiger partial charge in [0.2, 0.25) is 0 Å². The van der Waals surface area contributed by atoms with E-state index in [4.69, 9.17) is 0 Å². The number of carbonyl (C=O) groups is 1. The predicted molar refractivity (Wildman–Crippen MR) is 83.0 cm³/mol. The number of amides is 1. The van der Waals surface area contributed by atoms with E-state index in [0.717, 1.165) is 49.4 Å². The maximum atomic E-state index is 12.8. The lowest BCUT2D eigenvalue weighted by molar-refractivity contribution is 0.0587. The first kappa shape index (κ1) is 15.0. The van der Waals surface area contributed by atoms with Gasteiger partial charge in [0.25, 0.3) is 5.91 Å². The molecule has 110 valence electrons. The molecule has 0 saturated carbocycles. The van der Waals surface area contributed by atoms with Gasteiger partial charge in [0, 0.05) is 18.2 Å². The molecule has 1 aliphatic heterocycles. The predicted octanol–water partition coefficient (Wildman–Crippen LogP) is 2.71.